The fourth-order valence-electron chi connectivity index (χ4n) is 5.20. The zero-order valence-electron chi connectivity index (χ0n) is 20.4. The molecular weight excluding hydrogens is 438 g/mol. The number of carbonyl (C=O) groups excluding carboxylic acids is 1. The maximum Gasteiger partial charge on any atom is 0.272 e. The lowest BCUT2D eigenvalue weighted by Gasteiger charge is -2.33. The standard InChI is InChI=1S/C28H35N5O2/c34-28(29-13-6-14-32-17-19-35-20-18-32)26-24-9-4-5-10-25(24)27(31-30-26)33-15-11-23(12-16-33)21-22-7-2-1-3-8-22/h1-5,7-10,23H,6,11-21H2,(H,29,34). The molecule has 0 aliphatic carbocycles. The predicted molar refractivity (Wildman–Crippen MR) is 139 cm³/mol. The van der Waals surface area contributed by atoms with Gasteiger partial charge in [0.15, 0.2) is 11.5 Å². The molecular formula is C28H35N5O2. The first kappa shape index (κ1) is 23.7. The van der Waals surface area contributed by atoms with E-state index in [1.54, 1.807) is 0 Å². The summed E-state index contributed by atoms with van der Waals surface area (Å²) in [6.07, 6.45) is 4.31. The summed E-state index contributed by atoms with van der Waals surface area (Å²) in [5.74, 6) is 1.43. The number of aromatic nitrogens is 2. The van der Waals surface area contributed by atoms with Gasteiger partial charge in [-0.15, -0.1) is 10.2 Å². The zero-order chi connectivity index (χ0) is 23.9. The molecule has 0 bridgehead atoms. The van der Waals surface area contributed by atoms with Crippen molar-refractivity contribution in [3.63, 3.8) is 0 Å². The smallest absolute Gasteiger partial charge is 0.272 e. The summed E-state index contributed by atoms with van der Waals surface area (Å²) in [6, 6.07) is 18.8. The van der Waals surface area contributed by atoms with E-state index in [0.29, 0.717) is 18.2 Å². The molecule has 0 atom stereocenters. The van der Waals surface area contributed by atoms with Crippen LogP contribution in [0.15, 0.2) is 54.6 Å². The second kappa shape index (κ2) is 11.6. The molecule has 3 heterocycles. The average molecular weight is 474 g/mol. The van der Waals surface area contributed by atoms with Gasteiger partial charge < -0.3 is 15.0 Å². The molecule has 2 aliphatic heterocycles. The molecule has 1 N–H and O–H groups in total. The van der Waals surface area contributed by atoms with E-state index in [-0.39, 0.29) is 5.91 Å². The fourth-order valence-corrected chi connectivity index (χ4v) is 5.20. The molecule has 7 nitrogen and oxygen atoms in total. The van der Waals surface area contributed by atoms with Gasteiger partial charge in [0.25, 0.3) is 5.91 Å². The topological polar surface area (TPSA) is 70.6 Å². The quantitative estimate of drug-likeness (QED) is 0.505. The Kier molecular flexibility index (Phi) is 7.85. The second-order valence-corrected chi connectivity index (χ2v) is 9.60. The van der Waals surface area contributed by atoms with Gasteiger partial charge in [0.2, 0.25) is 0 Å². The van der Waals surface area contributed by atoms with Crippen LogP contribution in [0.4, 0.5) is 5.82 Å². The van der Waals surface area contributed by atoms with E-state index in [4.69, 9.17) is 4.74 Å². The van der Waals surface area contributed by atoms with Crippen LogP contribution in [0.25, 0.3) is 10.8 Å². The molecule has 1 amide bonds. The van der Waals surface area contributed by atoms with Gasteiger partial charge in [-0.3, -0.25) is 9.69 Å². The van der Waals surface area contributed by atoms with Crippen molar-refractivity contribution in [2.24, 2.45) is 5.92 Å². The normalized spacial score (nSPS) is 17.5. The first-order chi connectivity index (χ1) is 17.3. The third-order valence-corrected chi connectivity index (χ3v) is 7.20. The highest BCUT2D eigenvalue weighted by atomic mass is 16.5. The highest BCUT2D eigenvalue weighted by molar-refractivity contribution is 6.07. The Balaban J connectivity index is 1.20. The number of piperidine rings is 1. The van der Waals surface area contributed by atoms with Gasteiger partial charge in [-0.05, 0) is 43.7 Å². The Morgan fingerprint density at radius 3 is 2.40 bits per heavy atom. The third-order valence-electron chi connectivity index (χ3n) is 7.20. The molecule has 0 unspecified atom stereocenters. The van der Waals surface area contributed by atoms with Crippen molar-refractivity contribution >= 4 is 22.5 Å². The number of hydrogen-bond acceptors (Lipinski definition) is 6. The van der Waals surface area contributed by atoms with E-state index >= 15 is 0 Å². The van der Waals surface area contributed by atoms with E-state index in [9.17, 15) is 4.79 Å². The molecule has 1 aromatic heterocycles. The summed E-state index contributed by atoms with van der Waals surface area (Å²) >= 11 is 0. The van der Waals surface area contributed by atoms with Crippen LogP contribution < -0.4 is 10.2 Å². The van der Waals surface area contributed by atoms with Crippen LogP contribution in [-0.2, 0) is 11.2 Å². The number of fused-ring (bicyclic) bond motifs is 1. The van der Waals surface area contributed by atoms with Gasteiger partial charge in [-0.25, -0.2) is 0 Å². The van der Waals surface area contributed by atoms with Gasteiger partial charge in [0, 0.05) is 43.5 Å². The van der Waals surface area contributed by atoms with Crippen LogP contribution in [0.3, 0.4) is 0 Å². The number of anilines is 1. The minimum atomic E-state index is -0.149. The van der Waals surface area contributed by atoms with E-state index in [2.05, 4.69) is 61.7 Å². The lowest BCUT2D eigenvalue weighted by molar-refractivity contribution is 0.0374. The molecule has 2 aromatic carbocycles. The molecule has 0 radical (unpaired) electrons. The summed E-state index contributed by atoms with van der Waals surface area (Å²) < 4.78 is 5.40. The van der Waals surface area contributed by atoms with Crippen molar-refractivity contribution in [3.05, 3.63) is 65.9 Å². The maximum absolute atomic E-state index is 13.0. The highest BCUT2D eigenvalue weighted by Gasteiger charge is 2.24. The number of carbonyl (C=O) groups is 1. The SMILES string of the molecule is O=C(NCCCN1CCOCC1)c1nnc(N2CCC(Cc3ccccc3)CC2)c2ccccc12. The molecule has 0 saturated carbocycles. The van der Waals surface area contributed by atoms with Gasteiger partial charge in [-0.2, -0.15) is 0 Å². The number of nitrogens with zero attached hydrogens (tertiary/aromatic N) is 4. The summed E-state index contributed by atoms with van der Waals surface area (Å²) in [5.41, 5.74) is 1.83. The number of amides is 1. The highest BCUT2D eigenvalue weighted by Crippen LogP contribution is 2.30. The monoisotopic (exact) mass is 473 g/mol. The lowest BCUT2D eigenvalue weighted by atomic mass is 9.90. The van der Waals surface area contributed by atoms with Crippen molar-refractivity contribution in [2.45, 2.75) is 25.7 Å². The Bertz CT molecular complexity index is 1110. The summed E-state index contributed by atoms with van der Waals surface area (Å²) in [6.45, 7) is 7.05. The average Bonchev–Trinajstić information content (AvgIpc) is 2.92. The molecule has 3 aromatic rings. The number of rotatable bonds is 8. The maximum atomic E-state index is 13.0. The summed E-state index contributed by atoms with van der Waals surface area (Å²) in [7, 11) is 0. The van der Waals surface area contributed by atoms with Crippen LogP contribution in [-0.4, -0.2) is 73.5 Å². The number of hydrogen-bond donors (Lipinski definition) is 1. The lowest BCUT2D eigenvalue weighted by Crippen LogP contribution is -2.38. The Hall–Kier alpha value is -3.03. The van der Waals surface area contributed by atoms with Gasteiger partial charge in [-0.1, -0.05) is 54.6 Å². The molecule has 2 fully saturated rings. The molecule has 2 saturated heterocycles. The Labute approximate surface area is 207 Å². The molecule has 0 spiro atoms. The second-order valence-electron chi connectivity index (χ2n) is 9.60. The number of nitrogens with one attached hydrogen (secondary N) is 1. The van der Waals surface area contributed by atoms with Crippen molar-refractivity contribution in [1.82, 2.24) is 20.4 Å². The Morgan fingerprint density at radius 2 is 1.63 bits per heavy atom. The predicted octanol–water partition coefficient (Wildman–Crippen LogP) is 3.54. The number of morpholine rings is 1. The molecule has 35 heavy (non-hydrogen) atoms. The van der Waals surface area contributed by atoms with Crippen LogP contribution in [0.2, 0.25) is 0 Å². The Morgan fingerprint density at radius 1 is 0.914 bits per heavy atom. The number of benzene rings is 2. The van der Waals surface area contributed by atoms with Crippen LogP contribution in [0, 0.1) is 5.92 Å². The number of ether oxygens (including phenoxy) is 1. The summed E-state index contributed by atoms with van der Waals surface area (Å²) in [4.78, 5) is 17.7. The first-order valence-corrected chi connectivity index (χ1v) is 12.9. The largest absolute Gasteiger partial charge is 0.379 e. The third kappa shape index (κ3) is 5.97. The minimum absolute atomic E-state index is 0.149. The van der Waals surface area contributed by atoms with Gasteiger partial charge in [0.05, 0.1) is 13.2 Å². The van der Waals surface area contributed by atoms with Crippen molar-refractivity contribution in [1.29, 1.82) is 0 Å². The van der Waals surface area contributed by atoms with Gasteiger partial charge >= 0.3 is 0 Å². The summed E-state index contributed by atoms with van der Waals surface area (Å²) in [5, 5.41) is 13.9. The van der Waals surface area contributed by atoms with Crippen LogP contribution in [0.5, 0.6) is 0 Å². The van der Waals surface area contributed by atoms with E-state index in [1.807, 2.05) is 18.2 Å². The molecule has 2 aliphatic rings. The van der Waals surface area contributed by atoms with Crippen LogP contribution in [0.1, 0.15) is 35.3 Å². The van der Waals surface area contributed by atoms with Crippen LogP contribution >= 0.6 is 0 Å². The van der Waals surface area contributed by atoms with Crippen molar-refractivity contribution in [2.75, 3.05) is 57.4 Å². The molecule has 184 valence electrons. The fraction of sp³-hybridized carbons (Fsp3) is 0.464. The van der Waals surface area contributed by atoms with Crippen molar-refractivity contribution in [3.8, 4) is 0 Å². The molecule has 5 rings (SSSR count). The van der Waals surface area contributed by atoms with Gasteiger partial charge in [0.1, 0.15) is 0 Å². The van der Waals surface area contributed by atoms with E-state index in [1.165, 1.54) is 5.56 Å². The zero-order valence-corrected chi connectivity index (χ0v) is 20.4. The molecule has 7 heteroatoms. The van der Waals surface area contributed by atoms with E-state index < -0.39 is 0 Å². The minimum Gasteiger partial charge on any atom is -0.379 e. The first-order valence-electron chi connectivity index (χ1n) is 12.9. The van der Waals surface area contributed by atoms with Crippen molar-refractivity contribution < 1.29 is 9.53 Å². The van der Waals surface area contributed by atoms with E-state index in [0.717, 1.165) is 88.2 Å².